The second-order valence-electron chi connectivity index (χ2n) is 2.90. The molecule has 5 nitrogen and oxygen atoms in total. The monoisotopic (exact) mass is 260 g/mol. The normalized spacial score (nSPS) is 13.4. The summed E-state index contributed by atoms with van der Waals surface area (Å²) >= 11 is 5.34. The van der Waals surface area contributed by atoms with E-state index >= 15 is 0 Å². The molecule has 1 aromatic carbocycles. The largest absolute Gasteiger partial charge is 0.480 e. The fourth-order valence-electron chi connectivity index (χ4n) is 1.27. The van der Waals surface area contributed by atoms with E-state index < -0.39 is 15.5 Å². The number of ether oxygens (including phenoxy) is 2. The van der Waals surface area contributed by atoms with Crippen molar-refractivity contribution in [2.24, 2.45) is 0 Å². The van der Waals surface area contributed by atoms with Crippen molar-refractivity contribution >= 4 is 32.2 Å². The van der Waals surface area contributed by atoms with Crippen LogP contribution < -0.4 is 9.47 Å². The molecule has 0 radical (unpaired) electrons. The Morgan fingerprint density at radius 3 is 2.75 bits per heavy atom. The molecule has 1 aliphatic heterocycles. The van der Waals surface area contributed by atoms with Crippen LogP contribution >= 0.6 is 11.6 Å². The van der Waals surface area contributed by atoms with Gasteiger partial charge in [0, 0.05) is 0 Å². The van der Waals surface area contributed by atoms with E-state index in [9.17, 15) is 13.2 Å². The molecule has 2 rings (SSSR count). The first-order chi connectivity index (χ1) is 7.59. The Morgan fingerprint density at radius 2 is 2.12 bits per heavy atom. The minimum absolute atomic E-state index is 0.148. The van der Waals surface area contributed by atoms with Gasteiger partial charge in [-0.3, -0.25) is 4.79 Å². The van der Waals surface area contributed by atoms with Crippen LogP contribution in [-0.2, 0) is 10.3 Å². The second kappa shape index (κ2) is 4.15. The highest BCUT2D eigenvalue weighted by molar-refractivity contribution is 7.72. The summed E-state index contributed by atoms with van der Waals surface area (Å²) in [6.45, 7) is -0.246. The van der Waals surface area contributed by atoms with Crippen molar-refractivity contribution in [3.63, 3.8) is 0 Å². The Labute approximate surface area is 97.1 Å². The highest BCUT2D eigenvalue weighted by atomic mass is 35.5. The third-order valence-electron chi connectivity index (χ3n) is 1.93. The van der Waals surface area contributed by atoms with Gasteiger partial charge in [-0.05, 0) is 23.7 Å². The van der Waals surface area contributed by atoms with Crippen molar-refractivity contribution in [2.75, 3.05) is 6.61 Å². The van der Waals surface area contributed by atoms with Gasteiger partial charge in [-0.15, -0.1) is 0 Å². The zero-order valence-corrected chi connectivity index (χ0v) is 9.34. The Bertz CT molecular complexity index is 582. The maximum atomic E-state index is 11.0. The van der Waals surface area contributed by atoms with E-state index in [1.165, 1.54) is 18.2 Å². The molecule has 0 amide bonds. The summed E-state index contributed by atoms with van der Waals surface area (Å²) in [4.78, 5) is 11.0. The minimum atomic E-state index is -2.48. The SMILES string of the molecule is O=C(Cl)c1cccc2c1OCC(=S(=O)=O)O2. The van der Waals surface area contributed by atoms with E-state index in [-0.39, 0.29) is 28.7 Å². The van der Waals surface area contributed by atoms with Crippen molar-refractivity contribution in [1.82, 2.24) is 0 Å². The molecule has 0 unspecified atom stereocenters. The molecule has 1 aliphatic rings. The van der Waals surface area contributed by atoms with Crippen LogP contribution in [0.3, 0.4) is 0 Å². The predicted molar refractivity (Wildman–Crippen MR) is 56.7 cm³/mol. The van der Waals surface area contributed by atoms with E-state index in [4.69, 9.17) is 21.1 Å². The first-order valence-electron chi connectivity index (χ1n) is 4.18. The van der Waals surface area contributed by atoms with E-state index in [2.05, 4.69) is 0 Å². The zero-order chi connectivity index (χ0) is 11.7. The molecule has 0 aliphatic carbocycles. The molecule has 16 heavy (non-hydrogen) atoms. The van der Waals surface area contributed by atoms with Crippen LogP contribution in [0.2, 0.25) is 0 Å². The predicted octanol–water partition coefficient (Wildman–Crippen LogP) is 0.846. The van der Waals surface area contributed by atoms with Crippen LogP contribution in [-0.4, -0.2) is 25.3 Å². The standard InChI is InChI=1S/C9H5ClO5S/c10-9(11)5-2-1-3-6-8(5)14-4-7(15-6)16(12)13/h1-3H,4H2. The molecular weight excluding hydrogens is 256 g/mol. The molecule has 0 spiro atoms. The van der Waals surface area contributed by atoms with Gasteiger partial charge in [-0.1, -0.05) is 6.07 Å². The van der Waals surface area contributed by atoms with Gasteiger partial charge in [0.1, 0.15) is 0 Å². The third-order valence-corrected chi connectivity index (χ3v) is 2.71. The van der Waals surface area contributed by atoms with E-state index in [0.717, 1.165) is 0 Å². The quantitative estimate of drug-likeness (QED) is 0.553. The van der Waals surface area contributed by atoms with Crippen molar-refractivity contribution in [2.45, 2.75) is 0 Å². The van der Waals surface area contributed by atoms with Gasteiger partial charge in [0.25, 0.3) is 20.6 Å². The Kier molecular flexibility index (Phi) is 2.84. The molecule has 84 valence electrons. The van der Waals surface area contributed by atoms with Crippen LogP contribution in [0.25, 0.3) is 0 Å². The van der Waals surface area contributed by atoms with E-state index in [0.29, 0.717) is 0 Å². The zero-order valence-electron chi connectivity index (χ0n) is 7.77. The number of rotatable bonds is 1. The number of hydrogen-bond donors (Lipinski definition) is 0. The number of para-hydroxylation sites is 1. The average Bonchev–Trinajstić information content (AvgIpc) is 2.27. The lowest BCUT2D eigenvalue weighted by Crippen LogP contribution is -2.25. The summed E-state index contributed by atoms with van der Waals surface area (Å²) in [5.41, 5.74) is 0.148. The van der Waals surface area contributed by atoms with Crippen LogP contribution in [0.5, 0.6) is 11.5 Å². The number of fused-ring (bicyclic) bond motifs is 1. The molecule has 1 aromatic rings. The van der Waals surface area contributed by atoms with Crippen molar-refractivity contribution in [1.29, 1.82) is 0 Å². The Balaban J connectivity index is 2.54. The summed E-state index contributed by atoms with van der Waals surface area (Å²) < 4.78 is 31.5. The first-order valence-corrected chi connectivity index (χ1v) is 5.63. The molecule has 0 fully saturated rings. The second-order valence-corrected chi connectivity index (χ2v) is 4.17. The summed E-state index contributed by atoms with van der Waals surface area (Å²) in [7, 11) is -2.48. The number of hydrogen-bond acceptors (Lipinski definition) is 5. The Hall–Kier alpha value is -1.53. The molecule has 0 atom stereocenters. The smallest absolute Gasteiger partial charge is 0.260 e. The summed E-state index contributed by atoms with van der Waals surface area (Å²) in [6.07, 6.45) is 0. The molecular formula is C9H5ClO5S. The summed E-state index contributed by atoms with van der Waals surface area (Å²) in [6, 6.07) is 4.48. The highest BCUT2D eigenvalue weighted by Gasteiger charge is 2.23. The van der Waals surface area contributed by atoms with Gasteiger partial charge in [0.05, 0.1) is 5.56 Å². The fraction of sp³-hybridized carbons (Fsp3) is 0.111. The highest BCUT2D eigenvalue weighted by Crippen LogP contribution is 2.34. The van der Waals surface area contributed by atoms with E-state index in [1.807, 2.05) is 0 Å². The number of halogens is 1. The maximum absolute atomic E-state index is 11.0. The summed E-state index contributed by atoms with van der Waals surface area (Å²) in [5.74, 6) is 0.327. The van der Waals surface area contributed by atoms with Gasteiger partial charge in [0.15, 0.2) is 18.1 Å². The molecule has 0 saturated carbocycles. The van der Waals surface area contributed by atoms with Gasteiger partial charge in [0.2, 0.25) is 0 Å². The van der Waals surface area contributed by atoms with Gasteiger partial charge >= 0.3 is 0 Å². The number of benzene rings is 1. The number of carbonyl (C=O) groups is 1. The summed E-state index contributed by atoms with van der Waals surface area (Å²) in [5, 5.41) is -0.918. The van der Waals surface area contributed by atoms with Gasteiger partial charge < -0.3 is 9.47 Å². The average molecular weight is 261 g/mol. The molecule has 0 saturated heterocycles. The maximum Gasteiger partial charge on any atom is 0.260 e. The fourth-order valence-corrected chi connectivity index (χ4v) is 1.73. The van der Waals surface area contributed by atoms with Gasteiger partial charge in [-0.25, -0.2) is 0 Å². The van der Waals surface area contributed by atoms with Crippen LogP contribution in [0, 0.1) is 0 Å². The van der Waals surface area contributed by atoms with Crippen molar-refractivity contribution in [3.05, 3.63) is 23.8 Å². The molecule has 7 heteroatoms. The van der Waals surface area contributed by atoms with Crippen molar-refractivity contribution in [3.8, 4) is 11.5 Å². The Morgan fingerprint density at radius 1 is 1.38 bits per heavy atom. The van der Waals surface area contributed by atoms with Crippen molar-refractivity contribution < 1.29 is 22.7 Å². The minimum Gasteiger partial charge on any atom is -0.480 e. The van der Waals surface area contributed by atoms with Crippen LogP contribution in [0.1, 0.15) is 10.4 Å². The lowest BCUT2D eigenvalue weighted by atomic mass is 10.2. The third kappa shape index (κ3) is 1.89. The lowest BCUT2D eigenvalue weighted by molar-refractivity contribution is 0.107. The number of carbonyl (C=O) groups excluding carboxylic acids is 1. The topological polar surface area (TPSA) is 69.7 Å². The molecule has 0 aromatic heterocycles. The van der Waals surface area contributed by atoms with Gasteiger partial charge in [-0.2, -0.15) is 8.42 Å². The lowest BCUT2D eigenvalue weighted by Gasteiger charge is -2.19. The van der Waals surface area contributed by atoms with Crippen LogP contribution in [0.4, 0.5) is 0 Å². The molecule has 1 heterocycles. The molecule has 0 N–H and O–H groups in total. The first kappa shape index (κ1) is 11.0. The van der Waals surface area contributed by atoms with E-state index in [1.54, 1.807) is 0 Å². The van der Waals surface area contributed by atoms with Crippen LogP contribution in [0.15, 0.2) is 18.2 Å². The molecule has 0 bridgehead atoms.